The molecule has 1 aromatic carbocycles. The van der Waals surface area contributed by atoms with E-state index in [4.69, 9.17) is 4.74 Å². The van der Waals surface area contributed by atoms with Crippen molar-refractivity contribution in [3.8, 4) is 5.75 Å². The maximum atomic E-state index is 11.1. The Labute approximate surface area is 150 Å². The van der Waals surface area contributed by atoms with Crippen LogP contribution >= 0.6 is 15.9 Å². The fourth-order valence-electron chi connectivity index (χ4n) is 1.64. The third kappa shape index (κ3) is 5.53. The molecule has 0 spiro atoms. The zero-order chi connectivity index (χ0) is 18.2. The summed E-state index contributed by atoms with van der Waals surface area (Å²) in [5, 5.41) is 14.5. The zero-order valence-electron chi connectivity index (χ0n) is 13.0. The van der Waals surface area contributed by atoms with Crippen molar-refractivity contribution in [2.24, 2.45) is 5.10 Å². The number of hydrazone groups is 1. The van der Waals surface area contributed by atoms with Crippen LogP contribution in [0.1, 0.15) is 5.56 Å². The van der Waals surface area contributed by atoms with Gasteiger partial charge in [0, 0.05) is 6.07 Å². The fraction of sp³-hybridized carbons (Fsp3) is 0.133. The SMILES string of the molecule is COC(=O)COc1ccc(C=NNc2ccc([N+](=O)[O-])cn2)cc1Br. The summed E-state index contributed by atoms with van der Waals surface area (Å²) in [6.45, 7) is -0.185. The van der Waals surface area contributed by atoms with E-state index in [0.29, 0.717) is 16.0 Å². The summed E-state index contributed by atoms with van der Waals surface area (Å²) in [6, 6.07) is 7.95. The van der Waals surface area contributed by atoms with Gasteiger partial charge >= 0.3 is 5.97 Å². The lowest BCUT2D eigenvalue weighted by molar-refractivity contribution is -0.385. The molecule has 0 aliphatic heterocycles. The Hall–Kier alpha value is -3.01. The van der Waals surface area contributed by atoms with E-state index in [9.17, 15) is 14.9 Å². The third-order valence-corrected chi connectivity index (χ3v) is 3.50. The Balaban J connectivity index is 1.95. The summed E-state index contributed by atoms with van der Waals surface area (Å²) >= 11 is 3.34. The van der Waals surface area contributed by atoms with Gasteiger partial charge in [0.2, 0.25) is 0 Å². The van der Waals surface area contributed by atoms with E-state index in [-0.39, 0.29) is 12.3 Å². The summed E-state index contributed by atoms with van der Waals surface area (Å²) in [5.74, 6) is 0.392. The number of nitrogens with zero attached hydrogens (tertiary/aromatic N) is 3. The molecule has 0 fully saturated rings. The molecule has 1 heterocycles. The third-order valence-electron chi connectivity index (χ3n) is 2.88. The van der Waals surface area contributed by atoms with E-state index in [2.05, 4.69) is 36.2 Å². The first-order valence-electron chi connectivity index (χ1n) is 6.88. The van der Waals surface area contributed by atoms with Gasteiger partial charge in [-0.2, -0.15) is 5.10 Å². The smallest absolute Gasteiger partial charge is 0.343 e. The number of ether oxygens (including phenoxy) is 2. The predicted octanol–water partition coefficient (Wildman–Crippen LogP) is 2.75. The number of hydrogen-bond donors (Lipinski definition) is 1. The number of nitro groups is 1. The first-order chi connectivity index (χ1) is 12.0. The highest BCUT2D eigenvalue weighted by Gasteiger charge is 2.06. The van der Waals surface area contributed by atoms with Crippen LogP contribution in [0.2, 0.25) is 0 Å². The van der Waals surface area contributed by atoms with Gasteiger partial charge < -0.3 is 9.47 Å². The number of methoxy groups -OCH3 is 1. The second-order valence-electron chi connectivity index (χ2n) is 4.58. The van der Waals surface area contributed by atoms with Crippen molar-refractivity contribution in [3.05, 3.63) is 56.7 Å². The highest BCUT2D eigenvalue weighted by Crippen LogP contribution is 2.25. The number of hydrogen-bond acceptors (Lipinski definition) is 8. The van der Waals surface area contributed by atoms with Crippen LogP contribution in [0.4, 0.5) is 11.5 Å². The summed E-state index contributed by atoms with van der Waals surface area (Å²) in [4.78, 5) is 25.0. The van der Waals surface area contributed by atoms with Gasteiger partial charge in [-0.15, -0.1) is 0 Å². The first kappa shape index (κ1) is 18.3. The van der Waals surface area contributed by atoms with E-state index >= 15 is 0 Å². The van der Waals surface area contributed by atoms with E-state index in [1.165, 1.54) is 25.5 Å². The van der Waals surface area contributed by atoms with E-state index in [0.717, 1.165) is 11.8 Å². The van der Waals surface area contributed by atoms with Gasteiger partial charge in [0.1, 0.15) is 17.8 Å². The van der Waals surface area contributed by atoms with Crippen molar-refractivity contribution in [3.63, 3.8) is 0 Å². The molecule has 9 nitrogen and oxygen atoms in total. The summed E-state index contributed by atoms with van der Waals surface area (Å²) in [5.41, 5.74) is 3.33. The number of carbonyl (C=O) groups is 1. The number of aromatic nitrogens is 1. The Morgan fingerprint density at radius 3 is 2.84 bits per heavy atom. The zero-order valence-corrected chi connectivity index (χ0v) is 14.6. The summed E-state index contributed by atoms with van der Waals surface area (Å²) < 4.78 is 10.4. The molecule has 0 atom stereocenters. The lowest BCUT2D eigenvalue weighted by Gasteiger charge is -2.07. The lowest BCUT2D eigenvalue weighted by atomic mass is 10.2. The quantitative estimate of drug-likeness (QED) is 0.324. The fourth-order valence-corrected chi connectivity index (χ4v) is 2.15. The van der Waals surface area contributed by atoms with Crippen molar-refractivity contribution in [1.82, 2.24) is 4.98 Å². The molecule has 0 aliphatic rings. The molecule has 0 amide bonds. The number of esters is 1. The average molecular weight is 409 g/mol. The number of anilines is 1. The van der Waals surface area contributed by atoms with E-state index in [1.54, 1.807) is 18.2 Å². The Bertz CT molecular complexity index is 795. The number of benzene rings is 1. The van der Waals surface area contributed by atoms with Crippen molar-refractivity contribution in [2.45, 2.75) is 0 Å². The summed E-state index contributed by atoms with van der Waals surface area (Å²) in [6.07, 6.45) is 2.68. The minimum absolute atomic E-state index is 0.0963. The topological polar surface area (TPSA) is 116 Å². The van der Waals surface area contributed by atoms with E-state index < -0.39 is 10.9 Å². The van der Waals surface area contributed by atoms with E-state index in [1.807, 2.05) is 0 Å². The van der Waals surface area contributed by atoms with Crippen molar-refractivity contribution in [1.29, 1.82) is 0 Å². The molecule has 130 valence electrons. The molecule has 1 aromatic heterocycles. The molecule has 10 heteroatoms. The Morgan fingerprint density at radius 1 is 1.44 bits per heavy atom. The first-order valence-corrected chi connectivity index (χ1v) is 7.67. The largest absolute Gasteiger partial charge is 0.481 e. The Kier molecular flexibility index (Phi) is 6.40. The minimum atomic E-state index is -0.526. The number of nitrogens with one attached hydrogen (secondary N) is 1. The van der Waals surface area contributed by atoms with Crippen LogP contribution in [0.3, 0.4) is 0 Å². The van der Waals surface area contributed by atoms with Gasteiger partial charge in [-0.1, -0.05) is 0 Å². The number of pyridine rings is 1. The van der Waals surface area contributed by atoms with Gasteiger partial charge in [0.15, 0.2) is 6.61 Å². The maximum absolute atomic E-state index is 11.1. The average Bonchev–Trinajstić information content (AvgIpc) is 2.61. The van der Waals surface area contributed by atoms with Crippen LogP contribution in [-0.4, -0.2) is 35.8 Å². The maximum Gasteiger partial charge on any atom is 0.343 e. The van der Waals surface area contributed by atoms with Crippen molar-refractivity contribution >= 4 is 39.6 Å². The molecule has 2 aromatic rings. The van der Waals surface area contributed by atoms with Gasteiger partial charge in [-0.25, -0.2) is 9.78 Å². The normalized spacial score (nSPS) is 10.5. The van der Waals surface area contributed by atoms with Gasteiger partial charge in [-0.05, 0) is 45.8 Å². The second kappa shape index (κ2) is 8.73. The predicted molar refractivity (Wildman–Crippen MR) is 93.8 cm³/mol. The molecule has 25 heavy (non-hydrogen) atoms. The number of halogens is 1. The monoisotopic (exact) mass is 408 g/mol. The number of rotatable bonds is 7. The van der Waals surface area contributed by atoms with Gasteiger partial charge in [-0.3, -0.25) is 15.5 Å². The molecule has 0 aliphatic carbocycles. The van der Waals surface area contributed by atoms with Crippen LogP contribution in [0.15, 0.2) is 46.1 Å². The molecule has 0 unspecified atom stereocenters. The van der Waals surface area contributed by atoms with Crippen LogP contribution in [0.5, 0.6) is 5.75 Å². The van der Waals surface area contributed by atoms with Crippen molar-refractivity contribution < 1.29 is 19.2 Å². The molecule has 0 saturated carbocycles. The van der Waals surface area contributed by atoms with Crippen LogP contribution < -0.4 is 10.2 Å². The van der Waals surface area contributed by atoms with Crippen LogP contribution in [-0.2, 0) is 9.53 Å². The van der Waals surface area contributed by atoms with Gasteiger partial charge in [0.25, 0.3) is 5.69 Å². The highest BCUT2D eigenvalue weighted by molar-refractivity contribution is 9.10. The van der Waals surface area contributed by atoms with Crippen LogP contribution in [0.25, 0.3) is 0 Å². The molecule has 0 bridgehead atoms. The molecule has 1 N–H and O–H groups in total. The standard InChI is InChI=1S/C15H13BrN4O5/c1-24-15(21)9-25-13-4-2-10(6-12(13)16)7-18-19-14-5-3-11(8-17-14)20(22)23/h2-8H,9H2,1H3,(H,17,19). The van der Waals surface area contributed by atoms with Crippen LogP contribution in [0, 0.1) is 10.1 Å². The Morgan fingerprint density at radius 2 is 2.24 bits per heavy atom. The molecule has 0 radical (unpaired) electrons. The van der Waals surface area contributed by atoms with Crippen molar-refractivity contribution in [2.75, 3.05) is 19.1 Å². The minimum Gasteiger partial charge on any atom is -0.481 e. The lowest BCUT2D eigenvalue weighted by Crippen LogP contribution is -2.12. The second-order valence-corrected chi connectivity index (χ2v) is 5.44. The molecule has 0 saturated heterocycles. The molecule has 2 rings (SSSR count). The summed E-state index contributed by atoms with van der Waals surface area (Å²) in [7, 11) is 1.28. The molecular weight excluding hydrogens is 396 g/mol. The highest BCUT2D eigenvalue weighted by atomic mass is 79.9. The molecular formula is C15H13BrN4O5. The van der Waals surface area contributed by atoms with Gasteiger partial charge in [0.05, 0.1) is 22.7 Å². The number of carbonyl (C=O) groups excluding carboxylic acids is 1.